The lowest BCUT2D eigenvalue weighted by atomic mass is 10.2. The van der Waals surface area contributed by atoms with Gasteiger partial charge in [0.1, 0.15) is 5.82 Å². The highest BCUT2D eigenvalue weighted by Gasteiger charge is 2.35. The molecule has 7 heteroatoms. The summed E-state index contributed by atoms with van der Waals surface area (Å²) in [5.41, 5.74) is 0.938. The second-order valence-electron chi connectivity index (χ2n) is 3.66. The fourth-order valence-corrected chi connectivity index (χ4v) is 2.12. The van der Waals surface area contributed by atoms with Crippen molar-refractivity contribution >= 4 is 17.2 Å². The van der Waals surface area contributed by atoms with Crippen molar-refractivity contribution < 1.29 is 13.2 Å². The van der Waals surface area contributed by atoms with E-state index in [2.05, 4.69) is 15.3 Å². The van der Waals surface area contributed by atoms with Gasteiger partial charge >= 0.3 is 6.18 Å². The van der Waals surface area contributed by atoms with Crippen molar-refractivity contribution in [1.82, 2.24) is 9.97 Å². The third-order valence-corrected chi connectivity index (χ3v) is 3.12. The summed E-state index contributed by atoms with van der Waals surface area (Å²) >= 11 is 1.46. The lowest BCUT2D eigenvalue weighted by Gasteiger charge is -2.09. The van der Waals surface area contributed by atoms with Gasteiger partial charge < -0.3 is 5.32 Å². The van der Waals surface area contributed by atoms with Gasteiger partial charge in [0, 0.05) is 28.9 Å². The summed E-state index contributed by atoms with van der Waals surface area (Å²) in [6.07, 6.45) is -4.55. The van der Waals surface area contributed by atoms with Crippen LogP contribution in [0.1, 0.15) is 10.7 Å². The molecule has 0 aliphatic rings. The van der Waals surface area contributed by atoms with E-state index in [1.54, 1.807) is 11.4 Å². The van der Waals surface area contributed by atoms with E-state index in [0.717, 1.165) is 4.88 Å². The molecule has 3 nitrogen and oxygen atoms in total. The van der Waals surface area contributed by atoms with Gasteiger partial charge in [-0.2, -0.15) is 13.2 Å². The molecule has 2 aromatic heterocycles. The van der Waals surface area contributed by atoms with E-state index in [1.165, 1.54) is 24.5 Å². The fourth-order valence-electron chi connectivity index (χ4n) is 1.43. The Morgan fingerprint density at radius 1 is 1.22 bits per heavy atom. The summed E-state index contributed by atoms with van der Waals surface area (Å²) < 4.78 is 38.0. The zero-order valence-corrected chi connectivity index (χ0v) is 10.5. The van der Waals surface area contributed by atoms with Crippen LogP contribution in [0.15, 0.2) is 17.5 Å². The van der Waals surface area contributed by atoms with Gasteiger partial charge in [-0.15, -0.1) is 11.3 Å². The second kappa shape index (κ2) is 4.56. The van der Waals surface area contributed by atoms with E-state index in [4.69, 9.17) is 0 Å². The third-order valence-electron chi connectivity index (χ3n) is 2.26. The van der Waals surface area contributed by atoms with E-state index in [-0.39, 0.29) is 11.5 Å². The van der Waals surface area contributed by atoms with Gasteiger partial charge in [0.2, 0.25) is 5.82 Å². The van der Waals surface area contributed by atoms with Crippen LogP contribution in [-0.2, 0) is 6.18 Å². The number of aryl methyl sites for hydroxylation is 1. The molecule has 0 aliphatic heterocycles. The highest BCUT2D eigenvalue weighted by Crippen LogP contribution is 2.31. The minimum Gasteiger partial charge on any atom is -0.373 e. The van der Waals surface area contributed by atoms with Gasteiger partial charge in [0.15, 0.2) is 0 Å². The van der Waals surface area contributed by atoms with Crippen molar-refractivity contribution in [3.63, 3.8) is 0 Å². The van der Waals surface area contributed by atoms with E-state index >= 15 is 0 Å². The SMILES string of the molecule is CNc1cc(-c2csc(C)c2)nc(C(F)(F)F)n1. The van der Waals surface area contributed by atoms with Crippen LogP contribution in [0.2, 0.25) is 0 Å². The molecule has 96 valence electrons. The Labute approximate surface area is 106 Å². The Bertz CT molecular complexity index is 563. The summed E-state index contributed by atoms with van der Waals surface area (Å²) in [6, 6.07) is 3.29. The number of nitrogens with one attached hydrogen (secondary N) is 1. The van der Waals surface area contributed by atoms with E-state index < -0.39 is 12.0 Å². The normalized spacial score (nSPS) is 11.6. The van der Waals surface area contributed by atoms with Gasteiger partial charge in [-0.25, -0.2) is 9.97 Å². The number of halogens is 3. The Kier molecular flexibility index (Phi) is 3.25. The maximum atomic E-state index is 12.7. The molecule has 0 atom stereocenters. The standard InChI is InChI=1S/C11H10F3N3S/c1-6-3-7(5-18-6)8-4-9(15-2)17-10(16-8)11(12,13)14/h3-5H,1-2H3,(H,15,16,17). The number of thiophene rings is 1. The first kappa shape index (κ1) is 12.8. The van der Waals surface area contributed by atoms with Crippen molar-refractivity contribution in [1.29, 1.82) is 0 Å². The highest BCUT2D eigenvalue weighted by molar-refractivity contribution is 7.10. The van der Waals surface area contributed by atoms with Crippen LogP contribution in [0.25, 0.3) is 11.3 Å². The second-order valence-corrected chi connectivity index (χ2v) is 4.77. The van der Waals surface area contributed by atoms with Gasteiger partial charge in [-0.1, -0.05) is 0 Å². The number of aromatic nitrogens is 2. The molecular weight excluding hydrogens is 263 g/mol. The van der Waals surface area contributed by atoms with Gasteiger partial charge in [-0.05, 0) is 13.0 Å². The molecule has 0 aromatic carbocycles. The minimum atomic E-state index is -4.55. The van der Waals surface area contributed by atoms with Crippen molar-refractivity contribution in [3.8, 4) is 11.3 Å². The Balaban J connectivity index is 2.54. The predicted molar refractivity (Wildman–Crippen MR) is 64.6 cm³/mol. The van der Waals surface area contributed by atoms with Crippen LogP contribution in [-0.4, -0.2) is 17.0 Å². The molecule has 0 unspecified atom stereocenters. The van der Waals surface area contributed by atoms with Crippen LogP contribution in [0.5, 0.6) is 0 Å². The van der Waals surface area contributed by atoms with Crippen LogP contribution < -0.4 is 5.32 Å². The fraction of sp³-hybridized carbons (Fsp3) is 0.273. The molecule has 18 heavy (non-hydrogen) atoms. The number of alkyl halides is 3. The molecule has 0 radical (unpaired) electrons. The van der Waals surface area contributed by atoms with Crippen LogP contribution in [0.3, 0.4) is 0 Å². The van der Waals surface area contributed by atoms with Crippen LogP contribution in [0.4, 0.5) is 19.0 Å². The molecule has 0 aliphatic carbocycles. The molecule has 1 N–H and O–H groups in total. The van der Waals surface area contributed by atoms with Crippen molar-refractivity contribution in [2.24, 2.45) is 0 Å². The summed E-state index contributed by atoms with van der Waals surface area (Å²) in [5, 5.41) is 4.38. The Morgan fingerprint density at radius 2 is 1.94 bits per heavy atom. The first-order valence-corrected chi connectivity index (χ1v) is 5.97. The summed E-state index contributed by atoms with van der Waals surface area (Å²) in [4.78, 5) is 8.00. The lowest BCUT2D eigenvalue weighted by molar-refractivity contribution is -0.144. The van der Waals surface area contributed by atoms with Gasteiger partial charge in [0.05, 0.1) is 5.69 Å². The van der Waals surface area contributed by atoms with Gasteiger partial charge in [0.25, 0.3) is 0 Å². The number of hydrogen-bond donors (Lipinski definition) is 1. The number of anilines is 1. The largest absolute Gasteiger partial charge is 0.451 e. The molecule has 2 heterocycles. The maximum absolute atomic E-state index is 12.7. The quantitative estimate of drug-likeness (QED) is 0.909. The van der Waals surface area contributed by atoms with Crippen molar-refractivity contribution in [2.75, 3.05) is 12.4 Å². The van der Waals surface area contributed by atoms with E-state index in [9.17, 15) is 13.2 Å². The van der Waals surface area contributed by atoms with E-state index in [0.29, 0.717) is 5.56 Å². The topological polar surface area (TPSA) is 37.8 Å². The summed E-state index contributed by atoms with van der Waals surface area (Å²) in [6.45, 7) is 1.89. The third kappa shape index (κ3) is 2.61. The monoisotopic (exact) mass is 273 g/mol. The first-order chi connectivity index (χ1) is 8.40. The summed E-state index contributed by atoms with van der Waals surface area (Å²) in [5.74, 6) is -0.982. The van der Waals surface area contributed by atoms with E-state index in [1.807, 2.05) is 6.92 Å². The lowest BCUT2D eigenvalue weighted by Crippen LogP contribution is -2.12. The zero-order chi connectivity index (χ0) is 13.3. The Hall–Kier alpha value is -1.63. The maximum Gasteiger partial charge on any atom is 0.451 e. The average Bonchev–Trinajstić information content (AvgIpc) is 2.74. The average molecular weight is 273 g/mol. The molecule has 2 aromatic rings. The Morgan fingerprint density at radius 3 is 2.44 bits per heavy atom. The molecule has 0 saturated heterocycles. The molecule has 0 fully saturated rings. The molecular formula is C11H10F3N3S. The van der Waals surface area contributed by atoms with Crippen molar-refractivity contribution in [3.05, 3.63) is 28.2 Å². The predicted octanol–water partition coefficient (Wildman–Crippen LogP) is 3.57. The number of hydrogen-bond acceptors (Lipinski definition) is 4. The molecule has 0 saturated carbocycles. The number of rotatable bonds is 2. The molecule has 0 spiro atoms. The molecule has 0 amide bonds. The van der Waals surface area contributed by atoms with Crippen molar-refractivity contribution in [2.45, 2.75) is 13.1 Å². The minimum absolute atomic E-state index is 0.149. The summed E-state index contributed by atoms with van der Waals surface area (Å²) in [7, 11) is 1.52. The molecule has 2 rings (SSSR count). The number of nitrogens with zero attached hydrogens (tertiary/aromatic N) is 2. The molecule has 0 bridgehead atoms. The first-order valence-electron chi connectivity index (χ1n) is 5.09. The highest BCUT2D eigenvalue weighted by atomic mass is 32.1. The van der Waals surface area contributed by atoms with Crippen LogP contribution >= 0.6 is 11.3 Å². The van der Waals surface area contributed by atoms with Gasteiger partial charge in [-0.3, -0.25) is 0 Å². The zero-order valence-electron chi connectivity index (χ0n) is 9.67. The smallest absolute Gasteiger partial charge is 0.373 e. The van der Waals surface area contributed by atoms with Crippen LogP contribution in [0, 0.1) is 6.92 Å².